The van der Waals surface area contributed by atoms with Crippen LogP contribution in [0.4, 0.5) is 0 Å². The van der Waals surface area contributed by atoms with Gasteiger partial charge in [0.05, 0.1) is 13.1 Å². The lowest BCUT2D eigenvalue weighted by molar-refractivity contribution is -0.704. The molecule has 2 nitrogen and oxygen atoms in total. The van der Waals surface area contributed by atoms with E-state index in [0.29, 0.717) is 0 Å². The molecule has 1 aromatic rings. The summed E-state index contributed by atoms with van der Waals surface area (Å²) in [4.78, 5) is 0. The van der Waals surface area contributed by atoms with E-state index in [1.165, 1.54) is 225 Å². The molecule has 1 heterocycles. The molecule has 0 N–H and O–H groups in total. The first kappa shape index (κ1) is 40.2. The quantitative estimate of drug-likeness (QED) is 0.0540. The van der Waals surface area contributed by atoms with Crippen LogP contribution in [0.5, 0.6) is 0 Å². The minimum atomic E-state index is 1.23. The maximum absolute atomic E-state index is 2.63. The van der Waals surface area contributed by atoms with Gasteiger partial charge in [-0.1, -0.05) is 194 Å². The summed E-state index contributed by atoms with van der Waals surface area (Å²) < 4.78 is 5.27. The Morgan fingerprint density at radius 2 is 0.721 bits per heavy atom. The fourth-order valence-electron chi connectivity index (χ4n) is 6.86. The molecule has 0 aliphatic rings. The molecule has 1 aromatic heterocycles. The SMILES string of the molecule is CCCCCCCCCCCCCCCCCc1n(CCCCCCCCCC)cc[n+]1CCCCCCCCCCC. The number of hydrogen-bond acceptors (Lipinski definition) is 0. The summed E-state index contributed by atoms with van der Waals surface area (Å²) >= 11 is 0. The van der Waals surface area contributed by atoms with Gasteiger partial charge >= 0.3 is 0 Å². The summed E-state index contributed by atoms with van der Waals surface area (Å²) in [5, 5.41) is 0. The second kappa shape index (κ2) is 32.6. The zero-order valence-corrected chi connectivity index (χ0v) is 30.3. The highest BCUT2D eigenvalue weighted by Gasteiger charge is 2.16. The molecule has 0 atom stereocenters. The lowest BCUT2D eigenvalue weighted by Crippen LogP contribution is -2.37. The standard InChI is InChI=1S/C41H81N2/c1-4-7-10-13-16-19-20-21-22-23-24-25-27-30-33-36-41-42(37-34-31-28-18-15-12-9-6-3)39-40-43(41)38-35-32-29-26-17-14-11-8-5-2/h39-40H,4-38H2,1-3H3/q+1. The molecular weight excluding hydrogens is 520 g/mol. The summed E-state index contributed by atoms with van der Waals surface area (Å²) in [6.45, 7) is 9.40. The summed E-state index contributed by atoms with van der Waals surface area (Å²) in [5.74, 6) is 1.62. The van der Waals surface area contributed by atoms with Crippen molar-refractivity contribution < 1.29 is 4.57 Å². The van der Waals surface area contributed by atoms with E-state index in [-0.39, 0.29) is 0 Å². The van der Waals surface area contributed by atoms with Crippen molar-refractivity contribution in [1.82, 2.24) is 4.57 Å². The van der Waals surface area contributed by atoms with E-state index in [1.807, 2.05) is 0 Å². The molecule has 43 heavy (non-hydrogen) atoms. The Kier molecular flexibility index (Phi) is 30.5. The molecule has 0 saturated heterocycles. The van der Waals surface area contributed by atoms with Crippen LogP contribution in [0.15, 0.2) is 12.4 Å². The summed E-state index contributed by atoms with van der Waals surface area (Å²) in [7, 11) is 0. The molecule has 1 rings (SSSR count). The average Bonchev–Trinajstić information content (AvgIpc) is 3.40. The Balaban J connectivity index is 2.26. The van der Waals surface area contributed by atoms with Gasteiger partial charge in [0.1, 0.15) is 12.4 Å². The van der Waals surface area contributed by atoms with Crippen molar-refractivity contribution >= 4 is 0 Å². The molecule has 0 saturated carbocycles. The van der Waals surface area contributed by atoms with Crippen molar-refractivity contribution in [2.45, 2.75) is 246 Å². The predicted octanol–water partition coefficient (Wildman–Crippen LogP) is 13.9. The lowest BCUT2D eigenvalue weighted by atomic mass is 10.0. The van der Waals surface area contributed by atoms with Crippen molar-refractivity contribution in [3.8, 4) is 0 Å². The van der Waals surface area contributed by atoms with Crippen LogP contribution < -0.4 is 4.57 Å². The number of aryl methyl sites for hydroxylation is 2. The molecule has 0 spiro atoms. The summed E-state index contributed by atoms with van der Waals surface area (Å²) in [6.07, 6.45) is 51.9. The van der Waals surface area contributed by atoms with Crippen LogP contribution in [0.2, 0.25) is 0 Å². The maximum atomic E-state index is 2.63. The van der Waals surface area contributed by atoms with Crippen molar-refractivity contribution in [2.75, 3.05) is 0 Å². The van der Waals surface area contributed by atoms with Crippen molar-refractivity contribution in [3.05, 3.63) is 18.2 Å². The van der Waals surface area contributed by atoms with E-state index < -0.39 is 0 Å². The second-order valence-electron chi connectivity index (χ2n) is 14.1. The van der Waals surface area contributed by atoms with Crippen LogP contribution in [0, 0.1) is 0 Å². The van der Waals surface area contributed by atoms with Crippen LogP contribution in [0.25, 0.3) is 0 Å². The van der Waals surface area contributed by atoms with Gasteiger partial charge in [-0.05, 0) is 32.1 Å². The molecule has 0 radical (unpaired) electrons. The van der Waals surface area contributed by atoms with Gasteiger partial charge in [0.25, 0.3) is 5.82 Å². The maximum Gasteiger partial charge on any atom is 0.256 e. The highest BCUT2D eigenvalue weighted by Crippen LogP contribution is 2.15. The lowest BCUT2D eigenvalue weighted by Gasteiger charge is -2.07. The third-order valence-electron chi connectivity index (χ3n) is 9.85. The van der Waals surface area contributed by atoms with Gasteiger partial charge in [0.2, 0.25) is 0 Å². The van der Waals surface area contributed by atoms with Crippen LogP contribution in [-0.2, 0) is 19.5 Å². The topological polar surface area (TPSA) is 8.81 Å². The van der Waals surface area contributed by atoms with Gasteiger partial charge in [-0.3, -0.25) is 0 Å². The van der Waals surface area contributed by atoms with Crippen LogP contribution in [-0.4, -0.2) is 4.57 Å². The Morgan fingerprint density at radius 3 is 1.12 bits per heavy atom. The van der Waals surface area contributed by atoms with E-state index in [0.717, 1.165) is 0 Å². The smallest absolute Gasteiger partial charge is 0.234 e. The molecule has 0 aliphatic carbocycles. The zero-order chi connectivity index (χ0) is 30.9. The van der Waals surface area contributed by atoms with Crippen LogP contribution >= 0.6 is 0 Å². The number of imidazole rings is 1. The minimum absolute atomic E-state index is 1.23. The number of aromatic nitrogens is 2. The summed E-state index contributed by atoms with van der Waals surface area (Å²) in [6, 6.07) is 0. The van der Waals surface area contributed by atoms with Gasteiger partial charge in [0, 0.05) is 6.42 Å². The first-order valence-electron chi connectivity index (χ1n) is 20.4. The molecule has 2 heteroatoms. The largest absolute Gasteiger partial charge is 0.256 e. The van der Waals surface area contributed by atoms with Crippen molar-refractivity contribution in [3.63, 3.8) is 0 Å². The molecule has 0 unspecified atom stereocenters. The van der Waals surface area contributed by atoms with Crippen molar-refractivity contribution in [2.24, 2.45) is 0 Å². The first-order valence-corrected chi connectivity index (χ1v) is 20.4. The minimum Gasteiger partial charge on any atom is -0.234 e. The number of rotatable bonds is 35. The zero-order valence-electron chi connectivity index (χ0n) is 30.3. The molecule has 0 bridgehead atoms. The Morgan fingerprint density at radius 1 is 0.395 bits per heavy atom. The Labute approximate surface area is 272 Å². The van der Waals surface area contributed by atoms with Crippen LogP contribution in [0.1, 0.15) is 232 Å². The molecular formula is C41H81N2+. The van der Waals surface area contributed by atoms with E-state index in [4.69, 9.17) is 0 Å². The van der Waals surface area contributed by atoms with Crippen molar-refractivity contribution in [1.29, 1.82) is 0 Å². The van der Waals surface area contributed by atoms with E-state index in [9.17, 15) is 0 Å². The fraction of sp³-hybridized carbons (Fsp3) is 0.927. The fourth-order valence-corrected chi connectivity index (χ4v) is 6.86. The number of nitrogens with zero attached hydrogens (tertiary/aromatic N) is 2. The summed E-state index contributed by atoms with van der Waals surface area (Å²) in [5.41, 5.74) is 0. The highest BCUT2D eigenvalue weighted by molar-refractivity contribution is 4.84. The van der Waals surface area contributed by atoms with Crippen LogP contribution in [0.3, 0.4) is 0 Å². The van der Waals surface area contributed by atoms with Gasteiger partial charge in [-0.25, -0.2) is 9.13 Å². The Bertz CT molecular complexity index is 663. The predicted molar refractivity (Wildman–Crippen MR) is 193 cm³/mol. The molecule has 254 valence electrons. The molecule has 0 aromatic carbocycles. The third kappa shape index (κ3) is 25.1. The third-order valence-corrected chi connectivity index (χ3v) is 9.85. The number of unbranched alkanes of at least 4 members (excludes halogenated alkanes) is 29. The Hall–Kier alpha value is -0.790. The monoisotopic (exact) mass is 602 g/mol. The highest BCUT2D eigenvalue weighted by atomic mass is 15.1. The van der Waals surface area contributed by atoms with E-state index >= 15 is 0 Å². The van der Waals surface area contributed by atoms with E-state index in [1.54, 1.807) is 5.82 Å². The van der Waals surface area contributed by atoms with Gasteiger partial charge in [0.15, 0.2) is 0 Å². The molecule has 0 amide bonds. The average molecular weight is 602 g/mol. The normalized spacial score (nSPS) is 11.6. The van der Waals surface area contributed by atoms with E-state index in [2.05, 4.69) is 42.3 Å². The number of hydrogen-bond donors (Lipinski definition) is 0. The van der Waals surface area contributed by atoms with Gasteiger partial charge < -0.3 is 0 Å². The van der Waals surface area contributed by atoms with Gasteiger partial charge in [-0.2, -0.15) is 0 Å². The molecule has 0 fully saturated rings. The molecule has 0 aliphatic heterocycles. The van der Waals surface area contributed by atoms with Gasteiger partial charge in [-0.15, -0.1) is 0 Å². The second-order valence-corrected chi connectivity index (χ2v) is 14.1. The first-order chi connectivity index (χ1) is 21.3.